The highest BCUT2D eigenvalue weighted by atomic mass is 16.5. The Hall–Kier alpha value is -2.88. The summed E-state index contributed by atoms with van der Waals surface area (Å²) in [7, 11) is 0. The van der Waals surface area contributed by atoms with Gasteiger partial charge in [0.2, 0.25) is 5.78 Å². The molecule has 0 atom stereocenters. The van der Waals surface area contributed by atoms with Gasteiger partial charge in [-0.15, -0.1) is 0 Å². The molecule has 3 rings (SSSR count). The molecule has 1 aromatic heterocycles. The third-order valence-electron chi connectivity index (χ3n) is 3.32. The Bertz CT molecular complexity index is 795. The summed E-state index contributed by atoms with van der Waals surface area (Å²) >= 11 is 0. The summed E-state index contributed by atoms with van der Waals surface area (Å²) in [6, 6.07) is 16.0. The molecular formula is C18H14O4. The van der Waals surface area contributed by atoms with Gasteiger partial charge < -0.3 is 9.15 Å². The molecule has 2 aromatic carbocycles. The first-order valence-electron chi connectivity index (χ1n) is 6.89. The molecular weight excluding hydrogens is 280 g/mol. The maximum absolute atomic E-state index is 12.0. The fourth-order valence-corrected chi connectivity index (χ4v) is 2.09. The van der Waals surface area contributed by atoms with E-state index in [9.17, 15) is 9.59 Å². The zero-order valence-electron chi connectivity index (χ0n) is 12.0. The number of hydrogen-bond acceptors (Lipinski definition) is 4. The van der Waals surface area contributed by atoms with Crippen molar-refractivity contribution in [1.29, 1.82) is 0 Å². The van der Waals surface area contributed by atoms with E-state index >= 15 is 0 Å². The van der Waals surface area contributed by atoms with Crippen LogP contribution in [0.1, 0.15) is 26.5 Å². The van der Waals surface area contributed by atoms with Crippen molar-refractivity contribution in [2.75, 3.05) is 6.61 Å². The highest BCUT2D eigenvalue weighted by Crippen LogP contribution is 2.19. The van der Waals surface area contributed by atoms with E-state index in [-0.39, 0.29) is 18.2 Å². The first-order chi connectivity index (χ1) is 10.6. The number of aryl methyl sites for hydroxylation is 1. The molecule has 3 aromatic rings. The van der Waals surface area contributed by atoms with Crippen molar-refractivity contribution in [1.82, 2.24) is 0 Å². The van der Waals surface area contributed by atoms with E-state index in [1.807, 2.05) is 37.3 Å². The number of fused-ring (bicyclic) bond motifs is 1. The first-order valence-corrected chi connectivity index (χ1v) is 6.89. The number of furan rings is 1. The van der Waals surface area contributed by atoms with Gasteiger partial charge in [-0.2, -0.15) is 0 Å². The zero-order valence-corrected chi connectivity index (χ0v) is 12.0. The third kappa shape index (κ3) is 2.91. The van der Waals surface area contributed by atoms with E-state index in [2.05, 4.69) is 0 Å². The summed E-state index contributed by atoms with van der Waals surface area (Å²) in [4.78, 5) is 23.9. The Morgan fingerprint density at radius 3 is 2.50 bits per heavy atom. The molecule has 4 heteroatoms. The third-order valence-corrected chi connectivity index (χ3v) is 3.32. The highest BCUT2D eigenvalue weighted by Gasteiger charge is 2.15. The maximum Gasteiger partial charge on any atom is 0.338 e. The van der Waals surface area contributed by atoms with Gasteiger partial charge in [0.05, 0.1) is 5.56 Å². The van der Waals surface area contributed by atoms with Gasteiger partial charge in [-0.1, -0.05) is 35.9 Å². The molecule has 0 fully saturated rings. The number of ether oxygens (including phenoxy) is 1. The molecule has 0 aliphatic carbocycles. The number of hydrogen-bond donors (Lipinski definition) is 0. The van der Waals surface area contributed by atoms with Gasteiger partial charge in [0.25, 0.3) is 0 Å². The summed E-state index contributed by atoms with van der Waals surface area (Å²) in [6.45, 7) is 1.59. The number of carbonyl (C=O) groups excluding carboxylic acids is 2. The Morgan fingerprint density at radius 1 is 1.05 bits per heavy atom. The van der Waals surface area contributed by atoms with Crippen molar-refractivity contribution in [3.8, 4) is 0 Å². The van der Waals surface area contributed by atoms with E-state index in [4.69, 9.17) is 9.15 Å². The minimum Gasteiger partial charge on any atom is -0.454 e. The quantitative estimate of drug-likeness (QED) is 0.543. The Morgan fingerprint density at radius 2 is 1.77 bits per heavy atom. The van der Waals surface area contributed by atoms with E-state index in [1.165, 1.54) is 0 Å². The molecule has 0 saturated carbocycles. The summed E-state index contributed by atoms with van der Waals surface area (Å²) in [5, 5.41) is 0.843. The van der Waals surface area contributed by atoms with Crippen LogP contribution in [0.4, 0.5) is 0 Å². The average molecular weight is 294 g/mol. The Kier molecular flexibility index (Phi) is 3.74. The molecule has 1 heterocycles. The monoisotopic (exact) mass is 294 g/mol. The molecule has 0 aliphatic heterocycles. The summed E-state index contributed by atoms with van der Waals surface area (Å²) in [6.07, 6.45) is 0. The first kappa shape index (κ1) is 14.1. The second-order valence-electron chi connectivity index (χ2n) is 5.01. The predicted octanol–water partition coefficient (Wildman–Crippen LogP) is 3.78. The number of rotatable bonds is 4. The van der Waals surface area contributed by atoms with Crippen LogP contribution in [-0.2, 0) is 4.74 Å². The Balaban J connectivity index is 1.66. The topological polar surface area (TPSA) is 56.5 Å². The Labute approximate surface area is 127 Å². The molecule has 0 radical (unpaired) electrons. The number of para-hydroxylation sites is 1. The van der Waals surface area contributed by atoms with Crippen molar-refractivity contribution in [3.63, 3.8) is 0 Å². The molecule has 110 valence electrons. The van der Waals surface area contributed by atoms with Crippen LogP contribution in [0.3, 0.4) is 0 Å². The number of benzene rings is 2. The van der Waals surface area contributed by atoms with Crippen LogP contribution in [0, 0.1) is 6.92 Å². The van der Waals surface area contributed by atoms with Gasteiger partial charge in [-0.05, 0) is 31.2 Å². The number of ketones is 1. The fraction of sp³-hybridized carbons (Fsp3) is 0.111. The van der Waals surface area contributed by atoms with Gasteiger partial charge in [-0.3, -0.25) is 4.79 Å². The van der Waals surface area contributed by atoms with Crippen LogP contribution in [-0.4, -0.2) is 18.4 Å². The fourth-order valence-electron chi connectivity index (χ4n) is 2.09. The SMILES string of the molecule is Cc1ccc(C(=O)OCC(=O)c2cc3ccccc3o2)cc1. The van der Waals surface area contributed by atoms with Gasteiger partial charge in [0.15, 0.2) is 12.4 Å². The van der Waals surface area contributed by atoms with Crippen molar-refractivity contribution in [2.24, 2.45) is 0 Å². The molecule has 0 N–H and O–H groups in total. The molecule has 4 nitrogen and oxygen atoms in total. The van der Waals surface area contributed by atoms with Crippen LogP contribution < -0.4 is 0 Å². The number of carbonyl (C=O) groups is 2. The van der Waals surface area contributed by atoms with Gasteiger partial charge >= 0.3 is 5.97 Å². The number of Topliss-reactive ketones (excluding diaryl/α,β-unsaturated/α-hetero) is 1. The maximum atomic E-state index is 12.0. The van der Waals surface area contributed by atoms with Crippen molar-refractivity contribution >= 4 is 22.7 Å². The lowest BCUT2D eigenvalue weighted by Gasteiger charge is -2.03. The lowest BCUT2D eigenvalue weighted by atomic mass is 10.1. The summed E-state index contributed by atoms with van der Waals surface area (Å²) in [5.41, 5.74) is 2.11. The van der Waals surface area contributed by atoms with Crippen LogP contribution in [0.15, 0.2) is 59.0 Å². The number of esters is 1. The van der Waals surface area contributed by atoms with E-state index in [0.717, 1.165) is 10.9 Å². The largest absolute Gasteiger partial charge is 0.454 e. The van der Waals surface area contributed by atoms with Crippen LogP contribution in [0.5, 0.6) is 0 Å². The molecule has 22 heavy (non-hydrogen) atoms. The molecule has 0 saturated heterocycles. The van der Waals surface area contributed by atoms with Crippen LogP contribution >= 0.6 is 0 Å². The molecule has 0 spiro atoms. The molecule has 0 aliphatic rings. The van der Waals surface area contributed by atoms with Crippen LogP contribution in [0.2, 0.25) is 0 Å². The molecule has 0 unspecified atom stereocenters. The van der Waals surface area contributed by atoms with Crippen molar-refractivity contribution in [3.05, 3.63) is 71.5 Å². The van der Waals surface area contributed by atoms with E-state index in [1.54, 1.807) is 24.3 Å². The lowest BCUT2D eigenvalue weighted by Crippen LogP contribution is -2.13. The van der Waals surface area contributed by atoms with Crippen molar-refractivity contribution in [2.45, 2.75) is 6.92 Å². The van der Waals surface area contributed by atoms with E-state index < -0.39 is 5.97 Å². The lowest BCUT2D eigenvalue weighted by molar-refractivity contribution is 0.0468. The molecule has 0 amide bonds. The van der Waals surface area contributed by atoms with Gasteiger partial charge in [0.1, 0.15) is 5.58 Å². The zero-order chi connectivity index (χ0) is 15.5. The summed E-state index contributed by atoms with van der Waals surface area (Å²) in [5.74, 6) is -0.695. The summed E-state index contributed by atoms with van der Waals surface area (Å²) < 4.78 is 10.5. The standard InChI is InChI=1S/C18H14O4/c1-12-6-8-13(9-7-12)18(20)21-11-15(19)17-10-14-4-2-3-5-16(14)22-17/h2-10H,11H2,1H3. The second-order valence-corrected chi connectivity index (χ2v) is 5.01. The van der Waals surface area contributed by atoms with Gasteiger partial charge in [-0.25, -0.2) is 4.79 Å². The average Bonchev–Trinajstić information content (AvgIpc) is 2.97. The van der Waals surface area contributed by atoms with Crippen LogP contribution in [0.25, 0.3) is 11.0 Å². The molecule has 0 bridgehead atoms. The van der Waals surface area contributed by atoms with Crippen molar-refractivity contribution < 1.29 is 18.7 Å². The predicted molar refractivity (Wildman–Crippen MR) is 82.0 cm³/mol. The second kappa shape index (κ2) is 5.85. The minimum atomic E-state index is -0.524. The smallest absolute Gasteiger partial charge is 0.338 e. The van der Waals surface area contributed by atoms with Gasteiger partial charge in [0, 0.05) is 5.39 Å². The minimum absolute atomic E-state index is 0.193. The van der Waals surface area contributed by atoms with E-state index in [0.29, 0.717) is 11.1 Å². The normalized spacial score (nSPS) is 10.6. The highest BCUT2D eigenvalue weighted by molar-refractivity contribution is 6.00.